The molecule has 0 spiro atoms. The summed E-state index contributed by atoms with van der Waals surface area (Å²) in [5.74, 6) is -1.11. The van der Waals surface area contributed by atoms with Crippen LogP contribution in [0, 0.1) is 0 Å². The molecule has 0 radical (unpaired) electrons. The molecule has 0 aliphatic heterocycles. The van der Waals surface area contributed by atoms with Crippen LogP contribution in [0.3, 0.4) is 0 Å². The Morgan fingerprint density at radius 1 is 1.70 bits per heavy atom. The molecule has 56 valence electrons. The monoisotopic (exact) mass is 165 g/mol. The lowest BCUT2D eigenvalue weighted by Gasteiger charge is -1.77. The normalized spacial score (nSPS) is 11.9. The highest BCUT2D eigenvalue weighted by Gasteiger charge is 2.08. The lowest BCUT2D eigenvalue weighted by atomic mass is 10.5. The molecule has 0 saturated heterocycles. The van der Waals surface area contributed by atoms with Crippen molar-refractivity contribution in [2.45, 2.75) is 0 Å². The van der Waals surface area contributed by atoms with Crippen molar-refractivity contribution in [1.82, 2.24) is 0 Å². The molecule has 0 fully saturated rings. The lowest BCUT2D eigenvalue weighted by Crippen LogP contribution is -1.88. The summed E-state index contributed by atoms with van der Waals surface area (Å²) in [6, 6.07) is 0. The second-order valence-corrected chi connectivity index (χ2v) is 2.01. The van der Waals surface area contributed by atoms with Crippen LogP contribution >= 0.6 is 8.25 Å². The fourth-order valence-corrected chi connectivity index (χ4v) is 0.469. The predicted octanol–water partition coefficient (Wildman–Crippen LogP) is 0.293. The Balaban J connectivity index is 3.36. The summed E-state index contributed by atoms with van der Waals surface area (Å²) >= 11 is 0. The van der Waals surface area contributed by atoms with Crippen molar-refractivity contribution in [3.63, 3.8) is 0 Å². The lowest BCUT2D eigenvalue weighted by molar-refractivity contribution is -0.131. The van der Waals surface area contributed by atoms with E-state index < -0.39 is 14.2 Å². The highest BCUT2D eigenvalue weighted by Crippen LogP contribution is 2.12. The average molecular weight is 165 g/mol. The van der Waals surface area contributed by atoms with Crippen LogP contribution in [0.4, 0.5) is 0 Å². The van der Waals surface area contributed by atoms with Gasteiger partial charge in [-0.1, -0.05) is 0 Å². The van der Waals surface area contributed by atoms with Gasteiger partial charge in [0.15, 0.2) is 0 Å². The molecule has 0 aromatic carbocycles. The minimum Gasteiger partial charge on any atom is -0.478 e. The first-order chi connectivity index (χ1) is 4.63. The van der Waals surface area contributed by atoms with Gasteiger partial charge >= 0.3 is 14.2 Å². The predicted molar refractivity (Wildman–Crippen MR) is 32.6 cm³/mol. The molecule has 2 N–H and O–H groups in total. The SMILES string of the molecule is O=C(O)C=CCO[P+](=O)O. The van der Waals surface area contributed by atoms with Gasteiger partial charge in [-0.15, -0.1) is 9.42 Å². The zero-order valence-electron chi connectivity index (χ0n) is 4.93. The summed E-state index contributed by atoms with van der Waals surface area (Å²) in [5.41, 5.74) is 0. The van der Waals surface area contributed by atoms with Crippen LogP contribution in [0.5, 0.6) is 0 Å². The van der Waals surface area contributed by atoms with E-state index in [2.05, 4.69) is 4.52 Å². The van der Waals surface area contributed by atoms with Crippen molar-refractivity contribution in [2.75, 3.05) is 6.61 Å². The maximum Gasteiger partial charge on any atom is 0.695 e. The third-order valence-corrected chi connectivity index (χ3v) is 0.912. The summed E-state index contributed by atoms with van der Waals surface area (Å²) in [6.45, 7) is -0.169. The Bertz CT molecular complexity index is 163. The Kier molecular flexibility index (Phi) is 4.66. The molecule has 6 heteroatoms. The molecule has 0 aromatic rings. The summed E-state index contributed by atoms with van der Waals surface area (Å²) < 4.78 is 13.9. The van der Waals surface area contributed by atoms with E-state index >= 15 is 0 Å². The first-order valence-corrected chi connectivity index (χ1v) is 3.44. The van der Waals surface area contributed by atoms with E-state index in [0.717, 1.165) is 12.2 Å². The molecule has 1 atom stereocenters. The molecule has 0 aliphatic carbocycles. The van der Waals surface area contributed by atoms with E-state index in [-0.39, 0.29) is 6.61 Å². The summed E-state index contributed by atoms with van der Waals surface area (Å²) in [7, 11) is -2.63. The first-order valence-electron chi connectivity index (χ1n) is 2.31. The Morgan fingerprint density at radius 2 is 2.30 bits per heavy atom. The van der Waals surface area contributed by atoms with Crippen molar-refractivity contribution in [2.24, 2.45) is 0 Å². The molecule has 0 saturated carbocycles. The van der Waals surface area contributed by atoms with E-state index in [1.54, 1.807) is 0 Å². The number of carbonyl (C=O) groups is 1. The Hall–Kier alpha value is -0.770. The van der Waals surface area contributed by atoms with Gasteiger partial charge in [0.1, 0.15) is 6.61 Å². The minimum absolute atomic E-state index is 0.169. The molecule has 0 aromatic heterocycles. The van der Waals surface area contributed by atoms with E-state index in [9.17, 15) is 9.36 Å². The number of hydrogen-bond acceptors (Lipinski definition) is 3. The van der Waals surface area contributed by atoms with Crippen LogP contribution in [0.1, 0.15) is 0 Å². The third kappa shape index (κ3) is 7.23. The molecular formula is C4H6O5P+. The highest BCUT2D eigenvalue weighted by atomic mass is 31.1. The smallest absolute Gasteiger partial charge is 0.478 e. The number of carboxylic acid groups (broad SMARTS) is 1. The van der Waals surface area contributed by atoms with E-state index in [1.807, 2.05) is 0 Å². The summed E-state index contributed by atoms with van der Waals surface area (Å²) in [6.07, 6.45) is 1.96. The van der Waals surface area contributed by atoms with Crippen molar-refractivity contribution in [1.29, 1.82) is 0 Å². The number of carboxylic acids is 1. The topological polar surface area (TPSA) is 83.8 Å². The van der Waals surface area contributed by atoms with Gasteiger partial charge in [0.25, 0.3) is 0 Å². The van der Waals surface area contributed by atoms with Gasteiger partial charge in [-0.2, -0.15) is 0 Å². The van der Waals surface area contributed by atoms with Gasteiger partial charge in [-0.05, 0) is 6.08 Å². The van der Waals surface area contributed by atoms with Crippen molar-refractivity contribution in [3.05, 3.63) is 12.2 Å². The molecule has 0 aliphatic rings. The van der Waals surface area contributed by atoms with E-state index in [4.69, 9.17) is 10.00 Å². The van der Waals surface area contributed by atoms with Gasteiger partial charge in [-0.25, -0.2) is 4.79 Å². The molecule has 0 rings (SSSR count). The second kappa shape index (κ2) is 5.05. The standard InChI is InChI=1S/C4H5O5P/c5-4(6)2-1-3-9-10(7)8/h1-2H,3H2,(H-,5,6,7,8)/p+1. The van der Waals surface area contributed by atoms with E-state index in [1.165, 1.54) is 0 Å². The van der Waals surface area contributed by atoms with Crippen LogP contribution in [0.2, 0.25) is 0 Å². The van der Waals surface area contributed by atoms with Gasteiger partial charge in [0, 0.05) is 10.6 Å². The molecule has 0 heterocycles. The Morgan fingerprint density at radius 3 is 2.70 bits per heavy atom. The number of aliphatic carboxylic acids is 1. The van der Waals surface area contributed by atoms with Crippen molar-refractivity contribution < 1.29 is 23.9 Å². The molecule has 1 unspecified atom stereocenters. The number of rotatable bonds is 4. The van der Waals surface area contributed by atoms with Crippen molar-refractivity contribution in [3.8, 4) is 0 Å². The van der Waals surface area contributed by atoms with E-state index in [0.29, 0.717) is 0 Å². The molecule has 10 heavy (non-hydrogen) atoms. The zero-order valence-corrected chi connectivity index (χ0v) is 5.82. The van der Waals surface area contributed by atoms with Crippen LogP contribution < -0.4 is 0 Å². The highest BCUT2D eigenvalue weighted by molar-refractivity contribution is 7.32. The molecule has 5 nitrogen and oxygen atoms in total. The fourth-order valence-electron chi connectivity index (χ4n) is 0.256. The number of hydrogen-bond donors (Lipinski definition) is 2. The largest absolute Gasteiger partial charge is 0.695 e. The van der Waals surface area contributed by atoms with Crippen LogP contribution in [-0.4, -0.2) is 22.6 Å². The Labute approximate surface area is 57.9 Å². The molecular weight excluding hydrogens is 159 g/mol. The van der Waals surface area contributed by atoms with Gasteiger partial charge in [0.2, 0.25) is 0 Å². The maximum atomic E-state index is 9.79. The minimum atomic E-state index is -2.63. The molecule has 0 amide bonds. The fraction of sp³-hybridized carbons (Fsp3) is 0.250. The first kappa shape index (κ1) is 9.23. The maximum absolute atomic E-state index is 9.79. The molecule has 0 bridgehead atoms. The summed E-state index contributed by atoms with van der Waals surface area (Å²) in [4.78, 5) is 17.8. The van der Waals surface area contributed by atoms with Crippen LogP contribution in [0.15, 0.2) is 12.2 Å². The average Bonchev–Trinajstić information content (AvgIpc) is 1.79. The van der Waals surface area contributed by atoms with Crippen LogP contribution in [-0.2, 0) is 13.9 Å². The van der Waals surface area contributed by atoms with Gasteiger partial charge < -0.3 is 5.11 Å². The van der Waals surface area contributed by atoms with Crippen molar-refractivity contribution >= 4 is 14.2 Å². The van der Waals surface area contributed by atoms with Crippen LogP contribution in [0.25, 0.3) is 0 Å². The summed E-state index contributed by atoms with van der Waals surface area (Å²) in [5, 5.41) is 8.00. The quantitative estimate of drug-likeness (QED) is 0.462. The van der Waals surface area contributed by atoms with Gasteiger partial charge in [-0.3, -0.25) is 0 Å². The third-order valence-electron chi connectivity index (χ3n) is 0.542. The second-order valence-electron chi connectivity index (χ2n) is 1.27. The zero-order chi connectivity index (χ0) is 7.98. The van der Waals surface area contributed by atoms with Gasteiger partial charge in [0.05, 0.1) is 0 Å².